The van der Waals surface area contributed by atoms with Gasteiger partial charge in [-0.3, -0.25) is 24.1 Å². The van der Waals surface area contributed by atoms with E-state index in [4.69, 9.17) is 32.7 Å². The molecule has 0 saturated carbocycles. The Morgan fingerprint density at radius 1 is 0.756 bits per heavy atom. The number of esters is 2. The van der Waals surface area contributed by atoms with Crippen molar-refractivity contribution in [3.8, 4) is 0 Å². The summed E-state index contributed by atoms with van der Waals surface area (Å²) < 4.78 is 10.0. The first-order valence-electron chi connectivity index (χ1n) is 12.0. The molecule has 1 atom stereocenters. The van der Waals surface area contributed by atoms with Gasteiger partial charge >= 0.3 is 11.9 Å². The molecular weight excluding hydrogens is 577 g/mol. The van der Waals surface area contributed by atoms with Gasteiger partial charge in [0.1, 0.15) is 6.04 Å². The number of fused-ring (bicyclic) bond motifs is 1. The van der Waals surface area contributed by atoms with Gasteiger partial charge in [-0.05, 0) is 61.5 Å². The van der Waals surface area contributed by atoms with Crippen LogP contribution in [-0.2, 0) is 23.9 Å². The molecule has 1 unspecified atom stereocenters. The maximum Gasteiger partial charge on any atom is 0.338 e. The van der Waals surface area contributed by atoms with E-state index in [-0.39, 0.29) is 16.7 Å². The molecule has 0 aromatic heterocycles. The zero-order valence-corrected chi connectivity index (χ0v) is 22.8. The van der Waals surface area contributed by atoms with Crippen LogP contribution in [0.2, 0.25) is 10.0 Å². The molecular formula is C28H21Cl2N3O8. The number of imide groups is 1. The van der Waals surface area contributed by atoms with Gasteiger partial charge in [-0.2, -0.15) is 0 Å². The van der Waals surface area contributed by atoms with Crippen LogP contribution in [0.1, 0.15) is 38.0 Å². The lowest BCUT2D eigenvalue weighted by atomic mass is 10.1. The van der Waals surface area contributed by atoms with Gasteiger partial charge in [0.25, 0.3) is 23.6 Å². The SMILES string of the molecule is CC(C(=O)OCC(=O)Nc1cccc(Cl)c1)N1C(=O)c2ccc(C(=O)OCC(=O)Nc3cccc(Cl)c3)cc2C1=O. The Balaban J connectivity index is 1.33. The second kappa shape index (κ2) is 12.6. The van der Waals surface area contributed by atoms with Crippen molar-refractivity contribution in [2.45, 2.75) is 13.0 Å². The van der Waals surface area contributed by atoms with Crippen LogP contribution in [0.5, 0.6) is 0 Å². The van der Waals surface area contributed by atoms with Crippen LogP contribution < -0.4 is 10.6 Å². The zero-order chi connectivity index (χ0) is 29.7. The first-order valence-corrected chi connectivity index (χ1v) is 12.8. The molecule has 4 rings (SSSR count). The molecule has 2 N–H and O–H groups in total. The molecule has 13 heteroatoms. The molecule has 210 valence electrons. The Morgan fingerprint density at radius 2 is 1.29 bits per heavy atom. The molecule has 3 aromatic carbocycles. The Morgan fingerprint density at radius 3 is 1.85 bits per heavy atom. The number of carbonyl (C=O) groups excluding carboxylic acids is 6. The molecule has 1 heterocycles. The molecule has 1 aliphatic rings. The van der Waals surface area contributed by atoms with Gasteiger partial charge in [-0.1, -0.05) is 35.3 Å². The van der Waals surface area contributed by atoms with E-state index in [9.17, 15) is 28.8 Å². The van der Waals surface area contributed by atoms with Crippen molar-refractivity contribution in [3.05, 3.63) is 93.5 Å². The van der Waals surface area contributed by atoms with E-state index in [1.165, 1.54) is 31.2 Å². The van der Waals surface area contributed by atoms with Crippen LogP contribution in [0.3, 0.4) is 0 Å². The van der Waals surface area contributed by atoms with E-state index in [1.54, 1.807) is 36.4 Å². The largest absolute Gasteiger partial charge is 0.454 e. The van der Waals surface area contributed by atoms with Gasteiger partial charge in [0, 0.05) is 21.4 Å². The van der Waals surface area contributed by atoms with Crippen LogP contribution >= 0.6 is 23.2 Å². The number of halogens is 2. The van der Waals surface area contributed by atoms with Gasteiger partial charge in [0.2, 0.25) is 0 Å². The minimum absolute atomic E-state index is 0.0383. The standard InChI is InChI=1S/C28H21Cl2N3O8/c1-15(27(38)40-13-23(34)31-19-6-2-4-17(29)11-19)33-25(36)21-9-8-16(10-22(21)26(33)37)28(39)41-14-24(35)32-20-7-3-5-18(30)12-20/h2-12,15H,13-14H2,1H3,(H,31,34)(H,32,35). The van der Waals surface area contributed by atoms with Crippen molar-refractivity contribution >= 4 is 70.1 Å². The quantitative estimate of drug-likeness (QED) is 0.278. The predicted octanol–water partition coefficient (Wildman–Crippen LogP) is 3.96. The lowest BCUT2D eigenvalue weighted by Gasteiger charge is -2.20. The second-order valence-corrected chi connectivity index (χ2v) is 9.59. The molecule has 0 saturated heterocycles. The third-order valence-electron chi connectivity index (χ3n) is 5.78. The molecule has 0 fully saturated rings. The van der Waals surface area contributed by atoms with E-state index in [0.29, 0.717) is 26.3 Å². The van der Waals surface area contributed by atoms with Gasteiger partial charge < -0.3 is 20.1 Å². The van der Waals surface area contributed by atoms with Crippen LogP contribution in [0.25, 0.3) is 0 Å². The number of carbonyl (C=O) groups is 6. The molecule has 0 spiro atoms. The van der Waals surface area contributed by atoms with Crippen molar-refractivity contribution in [2.24, 2.45) is 0 Å². The van der Waals surface area contributed by atoms with Crippen molar-refractivity contribution in [1.29, 1.82) is 0 Å². The maximum absolute atomic E-state index is 13.0. The Hall–Kier alpha value is -4.74. The highest BCUT2D eigenvalue weighted by Crippen LogP contribution is 2.27. The summed E-state index contributed by atoms with van der Waals surface area (Å²) in [6, 6.07) is 15.0. The molecule has 1 aliphatic heterocycles. The average molecular weight is 598 g/mol. The van der Waals surface area contributed by atoms with Gasteiger partial charge in [0.15, 0.2) is 13.2 Å². The fourth-order valence-electron chi connectivity index (χ4n) is 3.84. The van der Waals surface area contributed by atoms with Crippen LogP contribution in [0.15, 0.2) is 66.7 Å². The summed E-state index contributed by atoms with van der Waals surface area (Å²) in [5.74, 6) is -4.80. The number of anilines is 2. The minimum atomic E-state index is -1.37. The number of amides is 4. The average Bonchev–Trinajstić information content (AvgIpc) is 3.18. The molecule has 4 amide bonds. The zero-order valence-electron chi connectivity index (χ0n) is 21.3. The summed E-state index contributed by atoms with van der Waals surface area (Å²) in [4.78, 5) is 75.9. The second-order valence-electron chi connectivity index (χ2n) is 8.72. The fraction of sp³-hybridized carbons (Fsp3) is 0.143. The Kier molecular flexibility index (Phi) is 9.00. The van der Waals surface area contributed by atoms with E-state index in [1.807, 2.05) is 0 Å². The summed E-state index contributed by atoms with van der Waals surface area (Å²) in [5.41, 5.74) is 0.544. The summed E-state index contributed by atoms with van der Waals surface area (Å²) in [7, 11) is 0. The van der Waals surface area contributed by atoms with Gasteiger partial charge in [0.05, 0.1) is 16.7 Å². The summed E-state index contributed by atoms with van der Waals surface area (Å²) in [5, 5.41) is 5.84. The van der Waals surface area contributed by atoms with Crippen LogP contribution in [-0.4, -0.2) is 59.7 Å². The number of hydrogen-bond donors (Lipinski definition) is 2. The summed E-state index contributed by atoms with van der Waals surface area (Å²) in [6.07, 6.45) is 0. The number of ether oxygens (including phenoxy) is 2. The smallest absolute Gasteiger partial charge is 0.338 e. The third kappa shape index (κ3) is 7.07. The highest BCUT2D eigenvalue weighted by atomic mass is 35.5. The molecule has 3 aromatic rings. The topological polar surface area (TPSA) is 148 Å². The number of rotatable bonds is 9. The maximum atomic E-state index is 13.0. The molecule has 41 heavy (non-hydrogen) atoms. The van der Waals surface area contributed by atoms with E-state index in [0.717, 1.165) is 6.07 Å². The normalized spacial score (nSPS) is 12.8. The Labute approximate surface area is 243 Å². The van der Waals surface area contributed by atoms with E-state index >= 15 is 0 Å². The highest BCUT2D eigenvalue weighted by Gasteiger charge is 2.42. The number of benzene rings is 3. The van der Waals surface area contributed by atoms with Gasteiger partial charge in [-0.25, -0.2) is 9.59 Å². The van der Waals surface area contributed by atoms with Crippen molar-refractivity contribution in [1.82, 2.24) is 4.90 Å². The number of hydrogen-bond acceptors (Lipinski definition) is 8. The molecule has 0 radical (unpaired) electrons. The van der Waals surface area contributed by atoms with Crippen LogP contribution in [0.4, 0.5) is 11.4 Å². The van der Waals surface area contributed by atoms with Gasteiger partial charge in [-0.15, -0.1) is 0 Å². The minimum Gasteiger partial charge on any atom is -0.454 e. The summed E-state index contributed by atoms with van der Waals surface area (Å²) in [6.45, 7) is -0.0124. The lowest BCUT2D eigenvalue weighted by molar-refractivity contribution is -0.150. The highest BCUT2D eigenvalue weighted by molar-refractivity contribution is 6.31. The Bertz CT molecular complexity index is 1580. The molecule has 0 bridgehead atoms. The fourth-order valence-corrected chi connectivity index (χ4v) is 4.22. The van der Waals surface area contributed by atoms with Crippen molar-refractivity contribution < 1.29 is 38.2 Å². The monoisotopic (exact) mass is 597 g/mol. The first kappa shape index (κ1) is 29.2. The third-order valence-corrected chi connectivity index (χ3v) is 6.25. The number of nitrogens with zero attached hydrogens (tertiary/aromatic N) is 1. The van der Waals surface area contributed by atoms with Crippen molar-refractivity contribution in [3.63, 3.8) is 0 Å². The van der Waals surface area contributed by atoms with E-state index < -0.39 is 54.8 Å². The van der Waals surface area contributed by atoms with Crippen LogP contribution in [0, 0.1) is 0 Å². The summed E-state index contributed by atoms with van der Waals surface area (Å²) >= 11 is 11.7. The van der Waals surface area contributed by atoms with Crippen molar-refractivity contribution in [2.75, 3.05) is 23.8 Å². The molecule has 0 aliphatic carbocycles. The molecule has 11 nitrogen and oxygen atoms in total. The predicted molar refractivity (Wildman–Crippen MR) is 148 cm³/mol. The first-order chi connectivity index (χ1) is 19.5. The lowest BCUT2D eigenvalue weighted by Crippen LogP contribution is -2.44. The number of nitrogens with one attached hydrogen (secondary N) is 2. The van der Waals surface area contributed by atoms with E-state index in [2.05, 4.69) is 10.6 Å².